The fourth-order valence-electron chi connectivity index (χ4n) is 1.93. The molecule has 2 aromatic carbocycles. The van der Waals surface area contributed by atoms with Crippen LogP contribution in [0.5, 0.6) is 0 Å². The summed E-state index contributed by atoms with van der Waals surface area (Å²) >= 11 is 9.40. The largest absolute Gasteiger partial charge is 0.271 e. The van der Waals surface area contributed by atoms with Crippen LogP contribution in [0.2, 0.25) is 5.02 Å². The van der Waals surface area contributed by atoms with E-state index in [9.17, 15) is 4.39 Å². The molecule has 0 amide bonds. The van der Waals surface area contributed by atoms with Crippen molar-refractivity contribution in [3.05, 3.63) is 68.9 Å². The normalized spacial score (nSPS) is 12.4. The summed E-state index contributed by atoms with van der Waals surface area (Å²) < 4.78 is 14.1. The second kappa shape index (κ2) is 6.48. The first kappa shape index (κ1) is 14.5. The Kier molecular flexibility index (Phi) is 4.93. The molecule has 0 saturated carbocycles. The molecule has 1 unspecified atom stereocenters. The van der Waals surface area contributed by atoms with Gasteiger partial charge in [0, 0.05) is 9.50 Å². The van der Waals surface area contributed by atoms with Gasteiger partial charge in [-0.25, -0.2) is 4.39 Å². The van der Waals surface area contributed by atoms with Crippen LogP contribution in [0.25, 0.3) is 0 Å². The zero-order valence-electron chi connectivity index (χ0n) is 10.0. The lowest BCUT2D eigenvalue weighted by Crippen LogP contribution is -2.29. The minimum atomic E-state index is -0.302. The van der Waals surface area contributed by atoms with Crippen molar-refractivity contribution in [1.29, 1.82) is 0 Å². The molecule has 0 aromatic heterocycles. The molecule has 3 N–H and O–H groups in total. The fourth-order valence-corrected chi connectivity index (χ4v) is 2.63. The van der Waals surface area contributed by atoms with Crippen molar-refractivity contribution in [2.75, 3.05) is 0 Å². The van der Waals surface area contributed by atoms with Crippen molar-refractivity contribution < 1.29 is 4.39 Å². The second-order valence-electron chi connectivity index (χ2n) is 4.22. The summed E-state index contributed by atoms with van der Waals surface area (Å²) in [6.07, 6.45) is 0.589. The van der Waals surface area contributed by atoms with Crippen LogP contribution in [-0.2, 0) is 6.42 Å². The summed E-state index contributed by atoms with van der Waals surface area (Å²) in [5.41, 5.74) is 4.44. The van der Waals surface area contributed by atoms with Gasteiger partial charge in [-0.2, -0.15) is 0 Å². The van der Waals surface area contributed by atoms with Crippen LogP contribution in [0.4, 0.5) is 4.39 Å². The number of nitrogens with two attached hydrogens (primary N) is 1. The van der Waals surface area contributed by atoms with E-state index in [2.05, 4.69) is 21.4 Å². The maximum Gasteiger partial charge on any atom is 0.124 e. The van der Waals surface area contributed by atoms with Crippen molar-refractivity contribution in [3.63, 3.8) is 0 Å². The number of hydrogen-bond donors (Lipinski definition) is 2. The van der Waals surface area contributed by atoms with Gasteiger partial charge in [-0.05, 0) is 41.8 Å². The standard InChI is InChI=1S/C14H13BrClFN2/c15-11-5-10(6-12(17)8-11)14(19-18)7-9-3-1-2-4-13(9)16/h1-6,8,14,19H,7,18H2. The number of rotatable bonds is 4. The van der Waals surface area contributed by atoms with Gasteiger partial charge >= 0.3 is 0 Å². The monoisotopic (exact) mass is 342 g/mol. The lowest BCUT2D eigenvalue weighted by atomic mass is 9.99. The van der Waals surface area contributed by atoms with Crippen LogP contribution >= 0.6 is 27.5 Å². The molecule has 0 bridgehead atoms. The SMILES string of the molecule is NNC(Cc1ccccc1Cl)c1cc(F)cc(Br)c1. The van der Waals surface area contributed by atoms with Crippen LogP contribution in [0.3, 0.4) is 0 Å². The molecule has 2 nitrogen and oxygen atoms in total. The molecule has 0 radical (unpaired) electrons. The van der Waals surface area contributed by atoms with E-state index in [1.54, 1.807) is 0 Å². The molecular weight excluding hydrogens is 331 g/mol. The lowest BCUT2D eigenvalue weighted by Gasteiger charge is -2.17. The van der Waals surface area contributed by atoms with Crippen molar-refractivity contribution >= 4 is 27.5 Å². The van der Waals surface area contributed by atoms with Crippen molar-refractivity contribution in [2.24, 2.45) is 5.84 Å². The van der Waals surface area contributed by atoms with Crippen LogP contribution in [0.1, 0.15) is 17.2 Å². The number of hydrazine groups is 1. The Morgan fingerprint density at radius 3 is 2.63 bits per heavy atom. The lowest BCUT2D eigenvalue weighted by molar-refractivity contribution is 0.544. The number of hydrogen-bond acceptors (Lipinski definition) is 2. The van der Waals surface area contributed by atoms with Crippen molar-refractivity contribution in [3.8, 4) is 0 Å². The van der Waals surface area contributed by atoms with Gasteiger partial charge in [0.05, 0.1) is 6.04 Å². The zero-order valence-corrected chi connectivity index (χ0v) is 12.4. The number of nitrogens with one attached hydrogen (secondary N) is 1. The minimum absolute atomic E-state index is 0.202. The predicted molar refractivity (Wildman–Crippen MR) is 79.3 cm³/mol. The van der Waals surface area contributed by atoms with Gasteiger partial charge in [-0.3, -0.25) is 11.3 Å². The van der Waals surface area contributed by atoms with E-state index in [1.807, 2.05) is 30.3 Å². The quantitative estimate of drug-likeness (QED) is 0.651. The Morgan fingerprint density at radius 1 is 1.26 bits per heavy atom. The van der Waals surface area contributed by atoms with E-state index in [1.165, 1.54) is 12.1 Å². The molecule has 19 heavy (non-hydrogen) atoms. The molecule has 2 aromatic rings. The molecule has 0 aliphatic rings. The minimum Gasteiger partial charge on any atom is -0.271 e. The van der Waals surface area contributed by atoms with E-state index in [0.29, 0.717) is 15.9 Å². The van der Waals surface area contributed by atoms with Gasteiger partial charge in [0.15, 0.2) is 0 Å². The number of benzene rings is 2. The van der Waals surface area contributed by atoms with E-state index in [0.717, 1.165) is 11.1 Å². The molecule has 0 saturated heterocycles. The molecule has 0 fully saturated rings. The molecule has 0 aliphatic heterocycles. The molecule has 1 atom stereocenters. The predicted octanol–water partition coefficient (Wildman–Crippen LogP) is 3.99. The average Bonchev–Trinajstić information content (AvgIpc) is 2.36. The first-order valence-corrected chi connectivity index (χ1v) is 6.93. The Balaban J connectivity index is 2.28. The van der Waals surface area contributed by atoms with E-state index < -0.39 is 0 Å². The molecule has 0 spiro atoms. The Labute approximate surface area is 124 Å². The molecular formula is C14H13BrClFN2. The molecule has 0 heterocycles. The summed E-state index contributed by atoms with van der Waals surface area (Å²) in [6.45, 7) is 0. The fraction of sp³-hybridized carbons (Fsp3) is 0.143. The third-order valence-electron chi connectivity index (χ3n) is 2.87. The van der Waals surface area contributed by atoms with Gasteiger partial charge in [-0.15, -0.1) is 0 Å². The van der Waals surface area contributed by atoms with Crippen molar-refractivity contribution in [2.45, 2.75) is 12.5 Å². The maximum atomic E-state index is 13.4. The highest BCUT2D eigenvalue weighted by molar-refractivity contribution is 9.10. The summed E-state index contributed by atoms with van der Waals surface area (Å²) in [4.78, 5) is 0. The van der Waals surface area contributed by atoms with Gasteiger partial charge in [0.25, 0.3) is 0 Å². The summed E-state index contributed by atoms with van der Waals surface area (Å²) in [7, 11) is 0. The smallest absolute Gasteiger partial charge is 0.124 e. The molecule has 2 rings (SSSR count). The van der Waals surface area contributed by atoms with Gasteiger partial charge in [-0.1, -0.05) is 45.7 Å². The zero-order chi connectivity index (χ0) is 13.8. The Hall–Kier alpha value is -0.940. The summed E-state index contributed by atoms with van der Waals surface area (Å²) in [6, 6.07) is 12.0. The van der Waals surface area contributed by atoms with Crippen LogP contribution < -0.4 is 11.3 Å². The Morgan fingerprint density at radius 2 is 2.00 bits per heavy atom. The number of halogens is 3. The first-order valence-electron chi connectivity index (χ1n) is 5.75. The van der Waals surface area contributed by atoms with Crippen LogP contribution in [0, 0.1) is 5.82 Å². The second-order valence-corrected chi connectivity index (χ2v) is 5.54. The topological polar surface area (TPSA) is 38.0 Å². The third kappa shape index (κ3) is 3.76. The Bertz CT molecular complexity index is 557. The van der Waals surface area contributed by atoms with E-state index in [-0.39, 0.29) is 11.9 Å². The van der Waals surface area contributed by atoms with E-state index >= 15 is 0 Å². The molecule has 100 valence electrons. The summed E-state index contributed by atoms with van der Waals surface area (Å²) in [5.74, 6) is 5.27. The van der Waals surface area contributed by atoms with Gasteiger partial charge in [0.2, 0.25) is 0 Å². The summed E-state index contributed by atoms with van der Waals surface area (Å²) in [5, 5.41) is 0.679. The molecule has 5 heteroatoms. The average molecular weight is 344 g/mol. The third-order valence-corrected chi connectivity index (χ3v) is 3.70. The van der Waals surface area contributed by atoms with Gasteiger partial charge in [0.1, 0.15) is 5.82 Å². The molecule has 0 aliphatic carbocycles. The van der Waals surface area contributed by atoms with Crippen LogP contribution in [0.15, 0.2) is 46.9 Å². The first-order chi connectivity index (χ1) is 9.10. The maximum absolute atomic E-state index is 13.4. The van der Waals surface area contributed by atoms with Crippen molar-refractivity contribution in [1.82, 2.24) is 5.43 Å². The highest BCUT2D eigenvalue weighted by atomic mass is 79.9. The highest BCUT2D eigenvalue weighted by Crippen LogP contribution is 2.25. The van der Waals surface area contributed by atoms with Crippen LogP contribution in [-0.4, -0.2) is 0 Å². The van der Waals surface area contributed by atoms with Gasteiger partial charge < -0.3 is 0 Å². The highest BCUT2D eigenvalue weighted by Gasteiger charge is 2.14. The van der Waals surface area contributed by atoms with E-state index in [4.69, 9.17) is 17.4 Å².